The molecular formula is C23H24ClN7OS. The average molecular weight is 482 g/mol. The van der Waals surface area contributed by atoms with Crippen molar-refractivity contribution in [2.24, 2.45) is 0 Å². The van der Waals surface area contributed by atoms with Gasteiger partial charge in [0.25, 0.3) is 5.91 Å². The number of rotatable bonds is 5. The van der Waals surface area contributed by atoms with Crippen molar-refractivity contribution in [1.29, 1.82) is 0 Å². The molecule has 0 saturated carbocycles. The topological polar surface area (TPSA) is 95.9 Å². The van der Waals surface area contributed by atoms with E-state index in [-0.39, 0.29) is 18.0 Å². The molecule has 33 heavy (non-hydrogen) atoms. The Hall–Kier alpha value is -2.88. The number of carbonyl (C=O) groups excluding carboxylic acids is 1. The van der Waals surface area contributed by atoms with Gasteiger partial charge in [-0.3, -0.25) is 4.79 Å². The van der Waals surface area contributed by atoms with Crippen LogP contribution in [0.3, 0.4) is 0 Å². The lowest BCUT2D eigenvalue weighted by molar-refractivity contribution is 0.0913. The van der Waals surface area contributed by atoms with Gasteiger partial charge < -0.3 is 15.5 Å². The van der Waals surface area contributed by atoms with Gasteiger partial charge in [-0.25, -0.2) is 19.9 Å². The highest BCUT2D eigenvalue weighted by Crippen LogP contribution is 2.30. The Morgan fingerprint density at radius 3 is 2.88 bits per heavy atom. The number of carbonyl (C=O) groups is 1. The second-order valence-electron chi connectivity index (χ2n) is 8.38. The normalized spacial score (nSPS) is 16.2. The molecule has 1 aliphatic heterocycles. The van der Waals surface area contributed by atoms with Gasteiger partial charge in [0.2, 0.25) is 0 Å². The number of likely N-dealkylation sites (tertiary alicyclic amines) is 1. The number of piperidine rings is 1. The van der Waals surface area contributed by atoms with Crippen LogP contribution in [0, 0.1) is 0 Å². The van der Waals surface area contributed by atoms with E-state index in [0.29, 0.717) is 21.9 Å². The van der Waals surface area contributed by atoms with Crippen LogP contribution in [0.5, 0.6) is 0 Å². The molecule has 0 spiro atoms. The number of benzene rings is 1. The second kappa shape index (κ2) is 9.17. The molecule has 1 amide bonds. The van der Waals surface area contributed by atoms with Crippen molar-refractivity contribution in [1.82, 2.24) is 30.2 Å². The van der Waals surface area contributed by atoms with Crippen LogP contribution in [0.2, 0.25) is 5.02 Å². The minimum atomic E-state index is -0.219. The van der Waals surface area contributed by atoms with E-state index >= 15 is 0 Å². The van der Waals surface area contributed by atoms with Crippen LogP contribution in [-0.2, 0) is 0 Å². The molecule has 0 radical (unpaired) electrons. The summed E-state index contributed by atoms with van der Waals surface area (Å²) in [6.45, 7) is 3.91. The number of hydrogen-bond donors (Lipinski definition) is 2. The maximum Gasteiger partial charge on any atom is 0.270 e. The molecule has 3 aromatic heterocycles. The Morgan fingerprint density at radius 2 is 2.06 bits per heavy atom. The maximum absolute atomic E-state index is 13.3. The highest BCUT2D eigenvalue weighted by Gasteiger charge is 2.23. The number of pyridine rings is 1. The zero-order valence-corrected chi connectivity index (χ0v) is 20.0. The third-order valence-corrected chi connectivity index (χ3v) is 7.08. The predicted molar refractivity (Wildman–Crippen MR) is 132 cm³/mol. The van der Waals surface area contributed by atoms with E-state index in [1.165, 1.54) is 17.7 Å². The fourth-order valence-electron chi connectivity index (χ4n) is 4.16. The van der Waals surface area contributed by atoms with Crippen molar-refractivity contribution in [2.75, 3.05) is 25.5 Å². The highest BCUT2D eigenvalue weighted by molar-refractivity contribution is 7.16. The molecule has 170 valence electrons. The van der Waals surface area contributed by atoms with Gasteiger partial charge in [0.05, 0.1) is 22.3 Å². The molecule has 10 heteroatoms. The van der Waals surface area contributed by atoms with Gasteiger partial charge in [-0.1, -0.05) is 23.7 Å². The van der Waals surface area contributed by atoms with Crippen LogP contribution in [0.25, 0.3) is 21.1 Å². The van der Waals surface area contributed by atoms with Crippen molar-refractivity contribution < 1.29 is 4.79 Å². The number of fused-ring (bicyclic) bond motifs is 2. The third kappa shape index (κ3) is 4.48. The van der Waals surface area contributed by atoms with Crippen molar-refractivity contribution in [3.8, 4) is 0 Å². The van der Waals surface area contributed by atoms with Crippen LogP contribution >= 0.6 is 22.9 Å². The van der Waals surface area contributed by atoms with Gasteiger partial charge in [-0.15, -0.1) is 11.3 Å². The van der Waals surface area contributed by atoms with E-state index in [0.717, 1.165) is 47.4 Å². The van der Waals surface area contributed by atoms with E-state index in [4.69, 9.17) is 16.6 Å². The van der Waals surface area contributed by atoms with Gasteiger partial charge in [0.1, 0.15) is 22.4 Å². The Morgan fingerprint density at radius 1 is 1.24 bits per heavy atom. The van der Waals surface area contributed by atoms with Gasteiger partial charge in [0, 0.05) is 11.4 Å². The van der Waals surface area contributed by atoms with Crippen LogP contribution in [0.15, 0.2) is 36.1 Å². The molecule has 0 aliphatic carbocycles. The number of anilines is 1. The van der Waals surface area contributed by atoms with Crippen molar-refractivity contribution in [3.63, 3.8) is 0 Å². The van der Waals surface area contributed by atoms with Crippen molar-refractivity contribution in [2.45, 2.75) is 31.8 Å². The Bertz CT molecular complexity index is 1320. The first-order valence-electron chi connectivity index (χ1n) is 10.9. The van der Waals surface area contributed by atoms with Gasteiger partial charge in [-0.2, -0.15) is 0 Å². The number of amides is 1. The molecule has 1 aliphatic rings. The van der Waals surface area contributed by atoms with E-state index in [1.54, 1.807) is 11.6 Å². The molecule has 2 N–H and O–H groups in total. The highest BCUT2D eigenvalue weighted by atomic mass is 35.5. The molecule has 1 fully saturated rings. The third-order valence-electron chi connectivity index (χ3n) is 6.03. The summed E-state index contributed by atoms with van der Waals surface area (Å²) in [5.41, 5.74) is 3.54. The number of nitrogens with zero attached hydrogens (tertiary/aromatic N) is 5. The lowest BCUT2D eigenvalue weighted by atomic mass is 10.0. The van der Waals surface area contributed by atoms with E-state index in [1.807, 2.05) is 25.1 Å². The number of thiazole rings is 1. The number of aromatic nitrogens is 4. The average Bonchev–Trinajstić information content (AvgIpc) is 3.30. The van der Waals surface area contributed by atoms with E-state index in [9.17, 15) is 4.79 Å². The summed E-state index contributed by atoms with van der Waals surface area (Å²) in [5.74, 6) is 0.444. The summed E-state index contributed by atoms with van der Waals surface area (Å²) >= 11 is 7.98. The minimum Gasteiger partial charge on any atom is -0.360 e. The lowest BCUT2D eigenvalue weighted by Crippen LogP contribution is -2.43. The first kappa shape index (κ1) is 21.9. The molecule has 1 atom stereocenters. The summed E-state index contributed by atoms with van der Waals surface area (Å²) in [6.07, 6.45) is 3.36. The number of nitrogens with one attached hydrogen (secondary N) is 2. The fourth-order valence-corrected chi connectivity index (χ4v) is 5.06. The van der Waals surface area contributed by atoms with Crippen LogP contribution in [0.1, 0.15) is 42.0 Å². The molecule has 1 aromatic carbocycles. The largest absolute Gasteiger partial charge is 0.360 e. The SMILES string of the molecule is C[C@H](Nc1ncnc2scnc12)c1cc2cccc(Cl)c2c(C(=O)NC2CCN(C)CC2)n1. The zero-order chi connectivity index (χ0) is 22.9. The Labute approximate surface area is 200 Å². The monoisotopic (exact) mass is 481 g/mol. The fraction of sp³-hybridized carbons (Fsp3) is 0.348. The Balaban J connectivity index is 1.48. The maximum atomic E-state index is 13.3. The molecule has 4 heterocycles. The van der Waals surface area contributed by atoms with Gasteiger partial charge in [-0.05, 0) is 57.4 Å². The summed E-state index contributed by atoms with van der Waals surface area (Å²) in [4.78, 5) is 34.2. The van der Waals surface area contributed by atoms with Gasteiger partial charge in [0.15, 0.2) is 5.82 Å². The zero-order valence-electron chi connectivity index (χ0n) is 18.4. The molecular weight excluding hydrogens is 458 g/mol. The van der Waals surface area contributed by atoms with Crippen LogP contribution in [-0.4, -0.2) is 56.9 Å². The molecule has 0 bridgehead atoms. The molecule has 1 saturated heterocycles. The number of halogens is 1. The van der Waals surface area contributed by atoms with Crippen LogP contribution < -0.4 is 10.6 Å². The standard InChI is InChI=1S/C23H24ClN7OS/c1-13(28-21-20-23(26-11-25-21)33-12-27-20)17-10-14-4-3-5-16(24)18(14)19(30-17)22(32)29-15-6-8-31(2)9-7-15/h3-5,10-13,15H,6-9H2,1-2H3,(H,29,32)(H,25,26,28)/t13-/m0/s1. The Kier molecular flexibility index (Phi) is 6.09. The first-order valence-corrected chi connectivity index (χ1v) is 12.1. The minimum absolute atomic E-state index is 0.131. The number of hydrogen-bond acceptors (Lipinski definition) is 8. The summed E-state index contributed by atoms with van der Waals surface area (Å²) in [6, 6.07) is 7.50. The summed E-state index contributed by atoms with van der Waals surface area (Å²) in [5, 5.41) is 8.61. The van der Waals surface area contributed by atoms with Gasteiger partial charge >= 0.3 is 0 Å². The first-order chi connectivity index (χ1) is 16.0. The van der Waals surface area contributed by atoms with E-state index < -0.39 is 0 Å². The molecule has 4 aromatic rings. The quantitative estimate of drug-likeness (QED) is 0.439. The van der Waals surface area contributed by atoms with Crippen LogP contribution in [0.4, 0.5) is 5.82 Å². The second-order valence-corrected chi connectivity index (χ2v) is 9.62. The molecule has 0 unspecified atom stereocenters. The molecule has 8 nitrogen and oxygen atoms in total. The van der Waals surface area contributed by atoms with Crippen molar-refractivity contribution >= 4 is 55.8 Å². The lowest BCUT2D eigenvalue weighted by Gasteiger charge is -2.29. The predicted octanol–water partition coefficient (Wildman–Crippen LogP) is 4.29. The van der Waals surface area contributed by atoms with E-state index in [2.05, 4.69) is 37.5 Å². The summed E-state index contributed by atoms with van der Waals surface area (Å²) in [7, 11) is 2.10. The molecule has 5 rings (SSSR count). The smallest absolute Gasteiger partial charge is 0.270 e. The summed E-state index contributed by atoms with van der Waals surface area (Å²) < 4.78 is 0. The van der Waals surface area contributed by atoms with Crippen molar-refractivity contribution in [3.05, 3.63) is 52.5 Å².